The van der Waals surface area contributed by atoms with Crippen LogP contribution in [0.15, 0.2) is 12.1 Å². The summed E-state index contributed by atoms with van der Waals surface area (Å²) in [6, 6.07) is 3.19. The van der Waals surface area contributed by atoms with E-state index in [4.69, 9.17) is 0 Å². The second-order valence-corrected chi connectivity index (χ2v) is 3.25. The summed E-state index contributed by atoms with van der Waals surface area (Å²) in [5.41, 5.74) is 0.933. The van der Waals surface area contributed by atoms with Gasteiger partial charge in [-0.15, -0.1) is 0 Å². The van der Waals surface area contributed by atoms with E-state index in [0.29, 0.717) is 17.1 Å². The first-order valence-electron chi connectivity index (χ1n) is 4.95. The van der Waals surface area contributed by atoms with Gasteiger partial charge in [-0.3, -0.25) is 4.79 Å². The highest BCUT2D eigenvalue weighted by molar-refractivity contribution is 5.90. The number of aromatic nitrogens is 1. The molecule has 0 aliphatic rings. The lowest BCUT2D eigenvalue weighted by Crippen LogP contribution is -2.16. The van der Waals surface area contributed by atoms with E-state index >= 15 is 0 Å². The van der Waals surface area contributed by atoms with Crippen LogP contribution in [0.25, 0.3) is 0 Å². The molecule has 6 heteroatoms. The van der Waals surface area contributed by atoms with Crippen molar-refractivity contribution in [3.8, 4) is 0 Å². The molecule has 0 saturated heterocycles. The van der Waals surface area contributed by atoms with E-state index < -0.39 is 5.97 Å². The number of ether oxygens (including phenoxy) is 2. The van der Waals surface area contributed by atoms with Crippen LogP contribution in [0.4, 0.5) is 5.82 Å². The highest BCUT2D eigenvalue weighted by atomic mass is 16.5. The predicted molar refractivity (Wildman–Crippen MR) is 60.8 cm³/mol. The molecule has 6 nitrogen and oxygen atoms in total. The van der Waals surface area contributed by atoms with Crippen LogP contribution in [-0.4, -0.2) is 37.7 Å². The Bertz CT molecular complexity index is 431. The maximum atomic E-state index is 11.3. The number of carbonyl (C=O) groups is 2. The fourth-order valence-corrected chi connectivity index (χ4v) is 1.22. The number of carbonyl (C=O) groups excluding carboxylic acids is 2. The average Bonchev–Trinajstić information content (AvgIpc) is 2.35. The number of anilines is 1. The average molecular weight is 238 g/mol. The number of rotatable bonds is 4. The van der Waals surface area contributed by atoms with Crippen molar-refractivity contribution in [2.24, 2.45) is 0 Å². The second-order valence-electron chi connectivity index (χ2n) is 3.25. The van der Waals surface area contributed by atoms with Crippen molar-refractivity contribution in [2.45, 2.75) is 6.92 Å². The molecule has 92 valence electrons. The Hall–Kier alpha value is -2.11. The van der Waals surface area contributed by atoms with Crippen molar-refractivity contribution in [3.63, 3.8) is 0 Å². The lowest BCUT2D eigenvalue weighted by molar-refractivity contribution is -0.138. The smallest absolute Gasteiger partial charge is 0.339 e. The molecule has 17 heavy (non-hydrogen) atoms. The zero-order valence-electron chi connectivity index (χ0n) is 9.94. The van der Waals surface area contributed by atoms with Gasteiger partial charge in [0.25, 0.3) is 0 Å². The summed E-state index contributed by atoms with van der Waals surface area (Å²) in [7, 11) is 2.62. The molecule has 0 aliphatic carbocycles. The van der Waals surface area contributed by atoms with Crippen LogP contribution < -0.4 is 5.32 Å². The van der Waals surface area contributed by atoms with Crippen LogP contribution in [0.2, 0.25) is 0 Å². The standard InChI is InChI=1S/C11H14N2O4/c1-7-8(11(15)17-3)4-5-9(13-7)12-6-10(14)16-2/h4-5H,6H2,1-3H3,(H,12,13). The molecule has 1 heterocycles. The van der Waals surface area contributed by atoms with Gasteiger partial charge in [-0.1, -0.05) is 0 Å². The maximum absolute atomic E-state index is 11.3. The van der Waals surface area contributed by atoms with Crippen molar-refractivity contribution in [3.05, 3.63) is 23.4 Å². The van der Waals surface area contributed by atoms with E-state index in [1.807, 2.05) is 0 Å². The van der Waals surface area contributed by atoms with Gasteiger partial charge >= 0.3 is 11.9 Å². The third-order valence-corrected chi connectivity index (χ3v) is 2.13. The normalized spacial score (nSPS) is 9.59. The molecule has 0 spiro atoms. The van der Waals surface area contributed by atoms with Crippen molar-refractivity contribution in [1.82, 2.24) is 4.98 Å². The number of nitrogens with one attached hydrogen (secondary N) is 1. The Balaban J connectivity index is 2.75. The summed E-state index contributed by atoms with van der Waals surface area (Å²) in [6.07, 6.45) is 0. The summed E-state index contributed by atoms with van der Waals surface area (Å²) in [6.45, 7) is 1.72. The number of hydrogen-bond donors (Lipinski definition) is 1. The Kier molecular flexibility index (Phi) is 4.45. The Labute approximate surface area is 98.9 Å². The predicted octanol–water partition coefficient (Wildman–Crippen LogP) is 0.762. The topological polar surface area (TPSA) is 77.5 Å². The van der Waals surface area contributed by atoms with Crippen LogP contribution in [-0.2, 0) is 14.3 Å². The third kappa shape index (κ3) is 3.44. The first kappa shape index (κ1) is 13.0. The van der Waals surface area contributed by atoms with E-state index in [2.05, 4.69) is 19.8 Å². The Morgan fingerprint density at radius 3 is 2.53 bits per heavy atom. The molecule has 0 aromatic carbocycles. The molecule has 0 aliphatic heterocycles. The minimum absolute atomic E-state index is 0.0283. The highest BCUT2D eigenvalue weighted by Crippen LogP contribution is 2.11. The van der Waals surface area contributed by atoms with Gasteiger partial charge < -0.3 is 14.8 Å². The van der Waals surface area contributed by atoms with E-state index in [9.17, 15) is 9.59 Å². The largest absolute Gasteiger partial charge is 0.468 e. The molecule has 1 N–H and O–H groups in total. The SMILES string of the molecule is COC(=O)CNc1ccc(C(=O)OC)c(C)n1. The molecule has 0 saturated carbocycles. The summed E-state index contributed by atoms with van der Waals surface area (Å²) >= 11 is 0. The summed E-state index contributed by atoms with van der Waals surface area (Å²) in [5.74, 6) is -0.323. The Morgan fingerprint density at radius 2 is 2.00 bits per heavy atom. The third-order valence-electron chi connectivity index (χ3n) is 2.13. The van der Waals surface area contributed by atoms with Crippen molar-refractivity contribution < 1.29 is 19.1 Å². The molecular weight excluding hydrogens is 224 g/mol. The maximum Gasteiger partial charge on any atom is 0.339 e. The van der Waals surface area contributed by atoms with Gasteiger partial charge in [0.2, 0.25) is 0 Å². The van der Waals surface area contributed by atoms with Gasteiger partial charge in [-0.2, -0.15) is 0 Å². The molecule has 1 aromatic rings. The van der Waals surface area contributed by atoms with Crippen LogP contribution in [0.1, 0.15) is 16.1 Å². The van der Waals surface area contributed by atoms with Crippen LogP contribution in [0.5, 0.6) is 0 Å². The number of nitrogens with zero attached hydrogens (tertiary/aromatic N) is 1. The molecular formula is C11H14N2O4. The first-order valence-corrected chi connectivity index (χ1v) is 4.95. The minimum Gasteiger partial charge on any atom is -0.468 e. The van der Waals surface area contributed by atoms with Gasteiger partial charge in [-0.05, 0) is 19.1 Å². The lowest BCUT2D eigenvalue weighted by Gasteiger charge is -2.07. The van der Waals surface area contributed by atoms with Crippen molar-refractivity contribution >= 4 is 17.8 Å². The van der Waals surface area contributed by atoms with Gasteiger partial charge in [0.15, 0.2) is 0 Å². The van der Waals surface area contributed by atoms with E-state index in [0.717, 1.165) is 0 Å². The van der Waals surface area contributed by atoms with Gasteiger partial charge in [0.1, 0.15) is 12.4 Å². The van der Waals surface area contributed by atoms with Gasteiger partial charge in [-0.25, -0.2) is 9.78 Å². The van der Waals surface area contributed by atoms with Crippen molar-refractivity contribution in [1.29, 1.82) is 0 Å². The molecule has 1 rings (SSSR count). The minimum atomic E-state index is -0.436. The van der Waals surface area contributed by atoms with Gasteiger partial charge in [0, 0.05) is 0 Å². The molecule has 0 fully saturated rings. The quantitative estimate of drug-likeness (QED) is 0.780. The van der Waals surface area contributed by atoms with E-state index in [1.165, 1.54) is 14.2 Å². The zero-order chi connectivity index (χ0) is 12.8. The van der Waals surface area contributed by atoms with Crippen LogP contribution >= 0.6 is 0 Å². The molecule has 0 bridgehead atoms. The number of methoxy groups -OCH3 is 2. The molecule has 0 atom stereocenters. The van der Waals surface area contributed by atoms with Gasteiger partial charge in [0.05, 0.1) is 25.5 Å². The number of hydrogen-bond acceptors (Lipinski definition) is 6. The van der Waals surface area contributed by atoms with Crippen LogP contribution in [0, 0.1) is 6.92 Å². The zero-order valence-corrected chi connectivity index (χ0v) is 9.94. The summed E-state index contributed by atoms with van der Waals surface area (Å²) in [5, 5.41) is 2.78. The molecule has 0 amide bonds. The fraction of sp³-hybridized carbons (Fsp3) is 0.364. The highest BCUT2D eigenvalue weighted by Gasteiger charge is 2.10. The monoisotopic (exact) mass is 238 g/mol. The number of pyridine rings is 1. The second kappa shape index (κ2) is 5.83. The van der Waals surface area contributed by atoms with Crippen LogP contribution in [0.3, 0.4) is 0 Å². The fourth-order valence-electron chi connectivity index (χ4n) is 1.22. The lowest BCUT2D eigenvalue weighted by atomic mass is 10.2. The number of esters is 2. The molecule has 1 aromatic heterocycles. The summed E-state index contributed by atoms with van der Waals surface area (Å²) in [4.78, 5) is 26.3. The molecule has 0 unspecified atom stereocenters. The van der Waals surface area contributed by atoms with E-state index in [-0.39, 0.29) is 12.5 Å². The Morgan fingerprint density at radius 1 is 1.29 bits per heavy atom. The number of aryl methyl sites for hydroxylation is 1. The van der Waals surface area contributed by atoms with Crippen molar-refractivity contribution in [2.75, 3.05) is 26.1 Å². The summed E-state index contributed by atoms with van der Waals surface area (Å²) < 4.78 is 9.08. The first-order chi connectivity index (χ1) is 8.08. The van der Waals surface area contributed by atoms with E-state index in [1.54, 1.807) is 19.1 Å². The molecule has 0 radical (unpaired) electrons.